The molecule has 1 unspecified atom stereocenters. The summed E-state index contributed by atoms with van der Waals surface area (Å²) in [6.07, 6.45) is 4.33. The van der Waals surface area contributed by atoms with Gasteiger partial charge >= 0.3 is 0 Å². The molecule has 5 rings (SSSR count). The molecule has 0 bridgehead atoms. The summed E-state index contributed by atoms with van der Waals surface area (Å²) in [4.78, 5) is 11.9. The molecule has 0 spiro atoms. The van der Waals surface area contributed by atoms with Gasteiger partial charge in [-0.3, -0.25) is 5.10 Å². The van der Waals surface area contributed by atoms with E-state index in [0.29, 0.717) is 18.2 Å². The van der Waals surface area contributed by atoms with Gasteiger partial charge in [0.25, 0.3) is 0 Å². The molecule has 1 aliphatic heterocycles. The van der Waals surface area contributed by atoms with Crippen LogP contribution in [0.25, 0.3) is 22.0 Å². The van der Waals surface area contributed by atoms with Crippen LogP contribution in [0.15, 0.2) is 54.9 Å². The van der Waals surface area contributed by atoms with Crippen LogP contribution in [0.5, 0.6) is 11.5 Å². The Morgan fingerprint density at radius 3 is 2.78 bits per heavy atom. The van der Waals surface area contributed by atoms with Crippen LogP contribution in [-0.2, 0) is 0 Å². The summed E-state index contributed by atoms with van der Waals surface area (Å²) in [5, 5.41) is 11.4. The fourth-order valence-electron chi connectivity index (χ4n) is 3.76. The summed E-state index contributed by atoms with van der Waals surface area (Å²) in [5.41, 5.74) is 2.94. The van der Waals surface area contributed by atoms with E-state index in [9.17, 15) is 0 Å². The molecule has 4 aromatic rings. The molecule has 2 aromatic heterocycles. The van der Waals surface area contributed by atoms with E-state index in [1.54, 1.807) is 0 Å². The molecule has 164 valence electrons. The molecule has 3 heterocycles. The van der Waals surface area contributed by atoms with Crippen molar-refractivity contribution < 1.29 is 9.47 Å². The molecule has 0 saturated heterocycles. The number of ether oxygens (including phenoxy) is 2. The van der Waals surface area contributed by atoms with Crippen LogP contribution in [0.4, 0.5) is 5.82 Å². The van der Waals surface area contributed by atoms with Crippen LogP contribution < -0.4 is 14.8 Å². The Balaban J connectivity index is 1.49. The fraction of sp³-hybridized carbons (Fsp3) is 0.292. The number of anilines is 1. The first-order valence-corrected chi connectivity index (χ1v) is 10.8. The first kappa shape index (κ1) is 20.3. The number of aromatic nitrogens is 4. The minimum absolute atomic E-state index is 0.370. The zero-order chi connectivity index (χ0) is 21.9. The normalized spacial score (nSPS) is 15.3. The zero-order valence-corrected chi connectivity index (χ0v) is 18.2. The van der Waals surface area contributed by atoms with Gasteiger partial charge in [-0.25, -0.2) is 9.97 Å². The number of hydrogen-bond donors (Lipinski definition) is 2. The first-order valence-electron chi connectivity index (χ1n) is 10.8. The minimum Gasteiger partial charge on any atom is -0.485 e. The quantitative estimate of drug-likeness (QED) is 0.430. The van der Waals surface area contributed by atoms with Gasteiger partial charge in [0.15, 0.2) is 23.4 Å². The molecule has 1 atom stereocenters. The second-order valence-electron chi connectivity index (χ2n) is 8.10. The summed E-state index contributed by atoms with van der Waals surface area (Å²) in [6, 6.07) is 13.8. The van der Waals surface area contributed by atoms with Gasteiger partial charge in [0, 0.05) is 23.7 Å². The highest BCUT2D eigenvalue weighted by Crippen LogP contribution is 2.36. The van der Waals surface area contributed by atoms with Crippen LogP contribution in [0.1, 0.15) is 18.3 Å². The Morgan fingerprint density at radius 1 is 1.09 bits per heavy atom. The molecule has 0 amide bonds. The molecule has 2 N–H and O–H groups in total. The average Bonchev–Trinajstić information content (AvgIpc) is 3.36. The van der Waals surface area contributed by atoms with E-state index in [-0.39, 0.29) is 6.10 Å². The van der Waals surface area contributed by atoms with Crippen LogP contribution >= 0.6 is 0 Å². The molecule has 2 aromatic carbocycles. The van der Waals surface area contributed by atoms with Gasteiger partial charge < -0.3 is 19.7 Å². The number of nitrogens with zero attached hydrogens (tertiary/aromatic N) is 4. The van der Waals surface area contributed by atoms with Gasteiger partial charge in [0.1, 0.15) is 12.4 Å². The zero-order valence-electron chi connectivity index (χ0n) is 18.2. The number of hydrogen-bond acceptors (Lipinski definition) is 7. The van der Waals surface area contributed by atoms with Crippen molar-refractivity contribution in [2.24, 2.45) is 0 Å². The lowest BCUT2D eigenvalue weighted by Crippen LogP contribution is -2.24. The van der Waals surface area contributed by atoms with Crippen LogP contribution in [0.2, 0.25) is 0 Å². The van der Waals surface area contributed by atoms with E-state index in [4.69, 9.17) is 19.4 Å². The molecule has 0 aliphatic carbocycles. The van der Waals surface area contributed by atoms with Crippen molar-refractivity contribution in [1.29, 1.82) is 0 Å². The first-order chi connectivity index (χ1) is 15.7. The smallest absolute Gasteiger partial charge is 0.192 e. The van der Waals surface area contributed by atoms with Crippen molar-refractivity contribution in [1.82, 2.24) is 25.1 Å². The maximum absolute atomic E-state index is 6.16. The SMILES string of the molecule is CN(C)CCCNc1nc(C2COc3ccccc3O2)nc2ccc(-c3cn[nH]c3)cc12. The Morgan fingerprint density at radius 2 is 1.97 bits per heavy atom. The average molecular weight is 431 g/mol. The lowest BCUT2D eigenvalue weighted by atomic mass is 10.1. The van der Waals surface area contributed by atoms with Gasteiger partial charge in [0.2, 0.25) is 0 Å². The molecular formula is C24H26N6O2. The van der Waals surface area contributed by atoms with Crippen molar-refractivity contribution in [2.75, 3.05) is 39.1 Å². The fourth-order valence-corrected chi connectivity index (χ4v) is 3.76. The minimum atomic E-state index is -0.370. The van der Waals surface area contributed by atoms with Crippen molar-refractivity contribution in [3.05, 3.63) is 60.7 Å². The molecule has 1 aliphatic rings. The van der Waals surface area contributed by atoms with Gasteiger partial charge in [-0.15, -0.1) is 0 Å². The van der Waals surface area contributed by atoms with Crippen molar-refractivity contribution in [2.45, 2.75) is 12.5 Å². The second kappa shape index (κ2) is 8.84. The van der Waals surface area contributed by atoms with E-state index in [0.717, 1.165) is 53.1 Å². The Bertz CT molecular complexity index is 1210. The predicted octanol–water partition coefficient (Wildman–Crippen LogP) is 3.90. The number of nitrogens with one attached hydrogen (secondary N) is 2. The number of H-pyrrole nitrogens is 1. The van der Waals surface area contributed by atoms with E-state index in [1.165, 1.54) is 0 Å². The Hall–Kier alpha value is -3.65. The molecular weight excluding hydrogens is 404 g/mol. The molecule has 8 nitrogen and oxygen atoms in total. The summed E-state index contributed by atoms with van der Waals surface area (Å²) in [6.45, 7) is 2.18. The largest absolute Gasteiger partial charge is 0.485 e. The van der Waals surface area contributed by atoms with E-state index in [1.807, 2.05) is 48.8 Å². The monoisotopic (exact) mass is 430 g/mol. The highest BCUT2D eigenvalue weighted by atomic mass is 16.6. The van der Waals surface area contributed by atoms with Gasteiger partial charge in [0.05, 0.1) is 11.7 Å². The second-order valence-corrected chi connectivity index (χ2v) is 8.10. The van der Waals surface area contributed by atoms with Crippen molar-refractivity contribution in [3.63, 3.8) is 0 Å². The van der Waals surface area contributed by atoms with E-state index >= 15 is 0 Å². The van der Waals surface area contributed by atoms with Crippen molar-refractivity contribution >= 4 is 16.7 Å². The standard InChI is InChI=1S/C24H26N6O2/c1-30(2)11-5-10-25-23-18-12-16(17-13-26-27-14-17)8-9-19(18)28-24(29-23)22-15-31-20-6-3-4-7-21(20)32-22/h3-4,6-9,12-14,22H,5,10-11,15H2,1-2H3,(H,26,27)(H,25,28,29). The number of aromatic amines is 1. The maximum atomic E-state index is 6.16. The van der Waals surface area contributed by atoms with Crippen LogP contribution in [-0.4, -0.2) is 58.9 Å². The molecule has 0 radical (unpaired) electrons. The summed E-state index contributed by atoms with van der Waals surface area (Å²) < 4.78 is 12.1. The summed E-state index contributed by atoms with van der Waals surface area (Å²) in [5.74, 6) is 2.87. The van der Waals surface area contributed by atoms with Crippen LogP contribution in [0.3, 0.4) is 0 Å². The molecule has 32 heavy (non-hydrogen) atoms. The Labute approximate surface area is 186 Å². The molecule has 0 saturated carbocycles. The predicted molar refractivity (Wildman–Crippen MR) is 124 cm³/mol. The third-order valence-corrected chi connectivity index (χ3v) is 5.42. The lowest BCUT2D eigenvalue weighted by Gasteiger charge is -2.26. The number of para-hydroxylation sites is 2. The Kier molecular flexibility index (Phi) is 5.60. The third kappa shape index (κ3) is 4.22. The van der Waals surface area contributed by atoms with Crippen LogP contribution in [0, 0.1) is 0 Å². The van der Waals surface area contributed by atoms with E-state index < -0.39 is 0 Å². The van der Waals surface area contributed by atoms with E-state index in [2.05, 4.69) is 40.6 Å². The summed E-state index contributed by atoms with van der Waals surface area (Å²) in [7, 11) is 4.15. The summed E-state index contributed by atoms with van der Waals surface area (Å²) >= 11 is 0. The van der Waals surface area contributed by atoms with Gasteiger partial charge in [-0.1, -0.05) is 18.2 Å². The van der Waals surface area contributed by atoms with Crippen molar-refractivity contribution in [3.8, 4) is 22.6 Å². The maximum Gasteiger partial charge on any atom is 0.192 e. The topological polar surface area (TPSA) is 88.2 Å². The number of benzene rings is 2. The molecule has 0 fully saturated rings. The lowest BCUT2D eigenvalue weighted by molar-refractivity contribution is 0.0854. The number of fused-ring (bicyclic) bond motifs is 2. The highest BCUT2D eigenvalue weighted by molar-refractivity contribution is 5.92. The van der Waals surface area contributed by atoms with Gasteiger partial charge in [-0.2, -0.15) is 5.10 Å². The third-order valence-electron chi connectivity index (χ3n) is 5.42. The highest BCUT2D eigenvalue weighted by Gasteiger charge is 2.26. The van der Waals surface area contributed by atoms with Gasteiger partial charge in [-0.05, 0) is 56.9 Å². The molecule has 8 heteroatoms. The number of rotatable bonds is 7.